The number of rotatable bonds is 14. The fourth-order valence-corrected chi connectivity index (χ4v) is 10.7. The molecule has 0 aliphatic heterocycles. The molecule has 0 heterocycles. The second kappa shape index (κ2) is 14.5. The lowest BCUT2D eigenvalue weighted by Crippen LogP contribution is -2.86. The van der Waals surface area contributed by atoms with Crippen molar-refractivity contribution in [3.8, 4) is 0 Å². The Balaban J connectivity index is 0.0000168. The van der Waals surface area contributed by atoms with Gasteiger partial charge >= 0.3 is 77.0 Å². The third-order valence-corrected chi connectivity index (χ3v) is 14.2. The van der Waals surface area contributed by atoms with Crippen LogP contribution in [0.2, 0.25) is 0 Å². The third-order valence-electron chi connectivity index (χ3n) is 8.37. The van der Waals surface area contributed by atoms with Gasteiger partial charge in [-0.3, -0.25) is 9.05 Å². The van der Waals surface area contributed by atoms with Crippen molar-refractivity contribution >= 4 is 27.9 Å². The summed E-state index contributed by atoms with van der Waals surface area (Å²) >= 11 is 0. The lowest BCUT2D eigenvalue weighted by Gasteiger charge is -2.52. The lowest BCUT2D eigenvalue weighted by molar-refractivity contribution is -0.470. The summed E-state index contributed by atoms with van der Waals surface area (Å²) in [6, 6.07) is 0. The van der Waals surface area contributed by atoms with Crippen LogP contribution >= 0.6 is 7.82 Å². The Morgan fingerprint density at radius 3 is 0.810 bits per heavy atom. The minimum Gasteiger partial charge on any atom is -0.344 e. The molecule has 36 heteroatoms. The molecule has 4 N–H and O–H groups in total. The summed E-state index contributed by atoms with van der Waals surface area (Å²) in [5.74, 6) is -80.4. The molecule has 348 valence electrons. The molecule has 2 saturated carbocycles. The normalized spacial score (nSPS) is 28.8. The van der Waals surface area contributed by atoms with Crippen molar-refractivity contribution in [2.24, 2.45) is 0 Å². The van der Waals surface area contributed by atoms with Crippen molar-refractivity contribution in [1.29, 1.82) is 0 Å². The van der Waals surface area contributed by atoms with Crippen molar-refractivity contribution in [2.45, 2.75) is 122 Å². The van der Waals surface area contributed by atoms with Gasteiger partial charge in [-0.15, -0.1) is 0 Å². The Hall–Kier alpha value is -1.65. The topological polar surface area (TPSA) is 166 Å². The number of alkyl halides is 22. The van der Waals surface area contributed by atoms with E-state index < -0.39 is 144 Å². The summed E-state index contributed by atoms with van der Waals surface area (Å²) in [4.78, 5) is 10.1. The van der Waals surface area contributed by atoms with Gasteiger partial charge in [-0.1, -0.05) is 13.8 Å². The molecule has 11 nitrogen and oxygen atoms in total. The standard InChI is InChI=1S/C22H23F22N2O8PS2.H3N/c1-5-7-45(56(49,50)21(43)17(35,36)13(27,28)11(23,24)14(29,30)18(21,37)38)9(3)53-55(47,48)54-10(4)46(8-6-2)57(51,52)22(44)19(39,40)15(31,32)12(25,26)16(33,34)20(22,41)42;/h9-10H,5-8H2,1-4H3,(H,47,48);1H3. The van der Waals surface area contributed by atoms with Gasteiger partial charge in [0.25, 0.3) is 20.0 Å². The van der Waals surface area contributed by atoms with E-state index in [9.17, 15) is 114 Å². The van der Waals surface area contributed by atoms with Crippen molar-refractivity contribution in [1.82, 2.24) is 14.8 Å². The van der Waals surface area contributed by atoms with Gasteiger partial charge in [0, 0.05) is 13.1 Å². The van der Waals surface area contributed by atoms with Gasteiger partial charge in [0.05, 0.1) is 0 Å². The third kappa shape index (κ3) is 6.02. The Labute approximate surface area is 310 Å². The number of sulfonamides is 2. The first-order valence-corrected chi connectivity index (χ1v) is 18.9. The second-order valence-corrected chi connectivity index (χ2v) is 17.4. The van der Waals surface area contributed by atoms with E-state index in [0.717, 1.165) is 0 Å². The maximum Gasteiger partial charge on any atom is 0.475 e. The Morgan fingerprint density at radius 2 is 0.638 bits per heavy atom. The van der Waals surface area contributed by atoms with Crippen LogP contribution in [-0.4, -0.2) is 125 Å². The number of halogens is 22. The van der Waals surface area contributed by atoms with Crippen LogP contribution in [0.1, 0.15) is 40.5 Å². The fraction of sp³-hybridized carbons (Fsp3) is 1.00. The van der Waals surface area contributed by atoms with Crippen molar-refractivity contribution in [2.75, 3.05) is 13.1 Å². The first-order chi connectivity index (χ1) is 24.7. The zero-order valence-corrected chi connectivity index (χ0v) is 31.0. The van der Waals surface area contributed by atoms with Gasteiger partial charge in [0.15, 0.2) is 0 Å². The summed E-state index contributed by atoms with van der Waals surface area (Å²) in [7, 11) is -23.3. The van der Waals surface area contributed by atoms with Crippen LogP contribution in [0.5, 0.6) is 0 Å². The first-order valence-electron chi connectivity index (χ1n) is 14.5. The van der Waals surface area contributed by atoms with E-state index in [1.807, 2.05) is 0 Å². The van der Waals surface area contributed by atoms with Gasteiger partial charge in [-0.25, -0.2) is 30.2 Å². The minimum absolute atomic E-state index is 0. The molecule has 2 unspecified atom stereocenters. The van der Waals surface area contributed by atoms with E-state index in [-0.39, 0.29) is 20.0 Å². The number of hydrogen-bond donors (Lipinski definition) is 2. The van der Waals surface area contributed by atoms with Crippen molar-refractivity contribution in [3.05, 3.63) is 0 Å². The van der Waals surface area contributed by atoms with Crippen LogP contribution in [0.25, 0.3) is 0 Å². The summed E-state index contributed by atoms with van der Waals surface area (Å²) in [6.07, 6.45) is -9.43. The lowest BCUT2D eigenvalue weighted by atomic mass is 9.80. The van der Waals surface area contributed by atoms with Crippen LogP contribution in [0.15, 0.2) is 0 Å². The highest BCUT2D eigenvalue weighted by atomic mass is 32.2. The monoisotopic (exact) mass is 973 g/mol. The maximum absolute atomic E-state index is 15.6. The van der Waals surface area contributed by atoms with Crippen molar-refractivity contribution in [3.63, 3.8) is 0 Å². The molecule has 0 aromatic rings. The molecule has 2 rings (SSSR count). The molecule has 2 atom stereocenters. The molecular formula is C22H26F22N3O8PS2. The molecule has 2 aliphatic rings. The van der Waals surface area contributed by atoms with E-state index in [0.29, 0.717) is 13.8 Å². The Bertz CT molecular complexity index is 1650. The summed E-state index contributed by atoms with van der Waals surface area (Å²) in [5, 5.41) is -15.8. The van der Waals surface area contributed by atoms with E-state index in [1.54, 1.807) is 0 Å². The molecule has 0 bridgehead atoms. The first kappa shape index (κ1) is 54.4. The minimum atomic E-state index is -8.19. The predicted octanol–water partition coefficient (Wildman–Crippen LogP) is 7.77. The van der Waals surface area contributed by atoms with E-state index in [1.165, 1.54) is 0 Å². The Morgan fingerprint density at radius 1 is 0.466 bits per heavy atom. The van der Waals surface area contributed by atoms with Gasteiger partial charge in [-0.2, -0.15) is 96.4 Å². The number of hydrogen-bond acceptors (Lipinski definition) is 8. The van der Waals surface area contributed by atoms with Crippen LogP contribution < -0.4 is 6.15 Å². The van der Waals surface area contributed by atoms with Crippen LogP contribution in [0, 0.1) is 0 Å². The summed E-state index contributed by atoms with van der Waals surface area (Å²) < 4.78 is 384. The molecule has 58 heavy (non-hydrogen) atoms. The molecule has 0 aromatic heterocycles. The van der Waals surface area contributed by atoms with E-state index in [2.05, 4.69) is 9.05 Å². The highest BCUT2D eigenvalue weighted by Gasteiger charge is 3.06. The van der Waals surface area contributed by atoms with Crippen LogP contribution in [0.3, 0.4) is 0 Å². The highest BCUT2D eigenvalue weighted by molar-refractivity contribution is 7.90. The van der Waals surface area contributed by atoms with Gasteiger partial charge in [0.2, 0.25) is 0 Å². The SMILES string of the molecule is CCCN(C(C)OP(=O)(O)OC(C)N(CCC)S(=O)(=O)C1(F)C(F)(F)C(F)(F)C(F)(F)C(F)(F)C1(F)F)S(=O)(=O)C1(F)C(F)(F)C(F)(F)C(F)(F)C(F)(F)C1(F)F.N. The van der Waals surface area contributed by atoms with Gasteiger partial charge in [0.1, 0.15) is 12.5 Å². The fourth-order valence-electron chi connectivity index (χ4n) is 5.31. The molecular weight excluding hydrogens is 947 g/mol. The van der Waals surface area contributed by atoms with Gasteiger partial charge in [-0.05, 0) is 26.7 Å². The van der Waals surface area contributed by atoms with Crippen LogP contribution in [-0.2, 0) is 33.7 Å². The average Bonchev–Trinajstić information content (AvgIpc) is 3.02. The molecule has 0 spiro atoms. The number of phosphoric ester groups is 1. The highest BCUT2D eigenvalue weighted by Crippen LogP contribution is 2.73. The predicted molar refractivity (Wildman–Crippen MR) is 145 cm³/mol. The molecule has 0 aromatic carbocycles. The molecule has 0 radical (unpaired) electrons. The smallest absolute Gasteiger partial charge is 0.344 e. The summed E-state index contributed by atoms with van der Waals surface area (Å²) in [5.41, 5.74) is 0. The molecule has 0 amide bonds. The average molecular weight is 974 g/mol. The second-order valence-electron chi connectivity index (χ2n) is 12.0. The zero-order valence-electron chi connectivity index (χ0n) is 28.5. The zero-order chi connectivity index (χ0) is 46.1. The van der Waals surface area contributed by atoms with Crippen LogP contribution in [0.4, 0.5) is 96.6 Å². The maximum atomic E-state index is 15.6. The largest absolute Gasteiger partial charge is 0.475 e. The van der Waals surface area contributed by atoms with Gasteiger partial charge < -0.3 is 11.0 Å². The molecule has 2 fully saturated rings. The number of phosphoric acid groups is 1. The summed E-state index contributed by atoms with van der Waals surface area (Å²) in [6.45, 7) is -3.12. The number of nitrogens with zero attached hydrogens (tertiary/aromatic N) is 2. The Kier molecular flexibility index (Phi) is 13.6. The van der Waals surface area contributed by atoms with Crippen molar-refractivity contribution < 1.29 is 132 Å². The molecule has 0 saturated heterocycles. The van der Waals surface area contributed by atoms with E-state index in [4.69, 9.17) is 0 Å². The quantitative estimate of drug-likeness (QED) is 0.101. The molecule has 2 aliphatic carbocycles. The van der Waals surface area contributed by atoms with E-state index >= 15 is 8.78 Å².